The third-order valence-corrected chi connectivity index (χ3v) is 7.01. The van der Waals surface area contributed by atoms with Crippen molar-refractivity contribution < 1.29 is 27.2 Å². The van der Waals surface area contributed by atoms with E-state index in [4.69, 9.17) is 9.15 Å². The van der Waals surface area contributed by atoms with Gasteiger partial charge in [-0.15, -0.1) is 0 Å². The summed E-state index contributed by atoms with van der Waals surface area (Å²) in [5, 5.41) is 5.39. The van der Waals surface area contributed by atoms with Crippen LogP contribution in [0.5, 0.6) is 0 Å². The molecule has 1 saturated heterocycles. The quantitative estimate of drug-likeness (QED) is 0.741. The summed E-state index contributed by atoms with van der Waals surface area (Å²) < 4.78 is 37.1. The molecule has 1 aromatic heterocycles. The molecule has 0 bridgehead atoms. The first kappa shape index (κ1) is 20.6. The fourth-order valence-electron chi connectivity index (χ4n) is 3.52. The molecule has 0 spiro atoms. The summed E-state index contributed by atoms with van der Waals surface area (Å²) in [6, 6.07) is 7.94. The second-order valence-corrected chi connectivity index (χ2v) is 9.16. The number of rotatable bonds is 5. The number of amides is 2. The number of nitrogens with zero attached hydrogens (tertiary/aromatic N) is 1. The van der Waals surface area contributed by atoms with Gasteiger partial charge in [0, 0.05) is 25.2 Å². The fourth-order valence-corrected chi connectivity index (χ4v) is 4.84. The Labute approximate surface area is 174 Å². The highest BCUT2D eigenvalue weighted by Crippen LogP contribution is 2.26. The smallest absolute Gasteiger partial charge is 0.287 e. The van der Waals surface area contributed by atoms with Gasteiger partial charge in [-0.1, -0.05) is 12.1 Å². The van der Waals surface area contributed by atoms with E-state index in [0.29, 0.717) is 26.1 Å². The number of fused-ring (bicyclic) bond motifs is 1. The van der Waals surface area contributed by atoms with Crippen LogP contribution in [0.4, 0.5) is 5.69 Å². The molecule has 3 heterocycles. The van der Waals surface area contributed by atoms with Crippen molar-refractivity contribution in [3.05, 3.63) is 47.2 Å². The van der Waals surface area contributed by atoms with Crippen molar-refractivity contribution in [2.75, 3.05) is 31.6 Å². The predicted octanol–water partition coefficient (Wildman–Crippen LogP) is 1.68. The molecule has 0 saturated carbocycles. The molecule has 160 valence electrons. The number of hydrogen-bond acceptors (Lipinski definition) is 6. The van der Waals surface area contributed by atoms with Crippen molar-refractivity contribution in [2.45, 2.75) is 30.9 Å². The van der Waals surface area contributed by atoms with Gasteiger partial charge in [0.2, 0.25) is 11.0 Å². The summed E-state index contributed by atoms with van der Waals surface area (Å²) in [5.41, 5.74) is 2.69. The standard InChI is InChI=1S/C20H23N3O6S/c1-13(14-2-4-16-15(12-14)3-6-18(24)22-16)21-20(25)17-5-7-19(29-17)30(26,27)23-8-10-28-11-9-23/h2,4-5,7,12-13H,3,6,8-11H2,1H3,(H,21,25)(H,22,24)/t13-/m1/s1. The minimum absolute atomic E-state index is 0.00254. The first-order valence-electron chi connectivity index (χ1n) is 9.76. The number of ether oxygens (including phenoxy) is 1. The zero-order chi connectivity index (χ0) is 21.3. The Bertz CT molecular complexity index is 1070. The maximum absolute atomic E-state index is 12.6. The molecule has 1 atom stereocenters. The molecule has 9 nitrogen and oxygen atoms in total. The lowest BCUT2D eigenvalue weighted by Crippen LogP contribution is -2.40. The molecule has 0 unspecified atom stereocenters. The molecule has 2 N–H and O–H groups in total. The van der Waals surface area contributed by atoms with E-state index in [-0.39, 0.29) is 35.9 Å². The summed E-state index contributed by atoms with van der Waals surface area (Å²) in [4.78, 5) is 24.1. The van der Waals surface area contributed by atoms with Crippen LogP contribution in [0.1, 0.15) is 41.1 Å². The van der Waals surface area contributed by atoms with Crippen LogP contribution in [-0.2, 0) is 26.0 Å². The van der Waals surface area contributed by atoms with Gasteiger partial charge < -0.3 is 19.8 Å². The second kappa shape index (κ2) is 8.21. The molecular formula is C20H23N3O6S. The van der Waals surface area contributed by atoms with Crippen LogP contribution in [0, 0.1) is 0 Å². The van der Waals surface area contributed by atoms with Gasteiger partial charge in [0.15, 0.2) is 5.76 Å². The Morgan fingerprint density at radius 3 is 2.70 bits per heavy atom. The van der Waals surface area contributed by atoms with Crippen molar-refractivity contribution in [3.8, 4) is 0 Å². The molecule has 2 amide bonds. The van der Waals surface area contributed by atoms with Gasteiger partial charge in [-0.3, -0.25) is 9.59 Å². The number of morpholine rings is 1. The maximum atomic E-state index is 12.6. The molecule has 2 aliphatic rings. The fraction of sp³-hybridized carbons (Fsp3) is 0.400. The Morgan fingerprint density at radius 2 is 1.93 bits per heavy atom. The minimum atomic E-state index is -3.80. The minimum Gasteiger partial charge on any atom is -0.438 e. The van der Waals surface area contributed by atoms with E-state index >= 15 is 0 Å². The predicted molar refractivity (Wildman–Crippen MR) is 108 cm³/mol. The van der Waals surface area contributed by atoms with Crippen LogP contribution in [0.3, 0.4) is 0 Å². The number of hydrogen-bond donors (Lipinski definition) is 2. The molecule has 2 aliphatic heterocycles. The van der Waals surface area contributed by atoms with Crippen molar-refractivity contribution in [1.82, 2.24) is 9.62 Å². The number of carbonyl (C=O) groups excluding carboxylic acids is 2. The highest BCUT2D eigenvalue weighted by atomic mass is 32.2. The number of anilines is 1. The van der Waals surface area contributed by atoms with Gasteiger partial charge in [-0.25, -0.2) is 8.42 Å². The maximum Gasteiger partial charge on any atom is 0.287 e. The molecule has 10 heteroatoms. The Morgan fingerprint density at radius 1 is 1.17 bits per heavy atom. The lowest BCUT2D eigenvalue weighted by Gasteiger charge is -2.24. The van der Waals surface area contributed by atoms with E-state index in [1.807, 2.05) is 25.1 Å². The van der Waals surface area contributed by atoms with Gasteiger partial charge in [0.05, 0.1) is 19.3 Å². The third-order valence-electron chi connectivity index (χ3n) is 5.24. The summed E-state index contributed by atoms with van der Waals surface area (Å²) in [6.45, 7) is 2.99. The van der Waals surface area contributed by atoms with Gasteiger partial charge in [-0.05, 0) is 42.7 Å². The van der Waals surface area contributed by atoms with Crippen LogP contribution in [-0.4, -0.2) is 50.8 Å². The van der Waals surface area contributed by atoms with Crippen LogP contribution in [0.15, 0.2) is 39.8 Å². The monoisotopic (exact) mass is 433 g/mol. The van der Waals surface area contributed by atoms with Crippen molar-refractivity contribution >= 4 is 27.5 Å². The highest BCUT2D eigenvalue weighted by Gasteiger charge is 2.30. The molecule has 4 rings (SSSR count). The zero-order valence-electron chi connectivity index (χ0n) is 16.5. The largest absolute Gasteiger partial charge is 0.438 e. The first-order valence-corrected chi connectivity index (χ1v) is 11.2. The van der Waals surface area contributed by atoms with E-state index in [9.17, 15) is 18.0 Å². The average molecular weight is 433 g/mol. The van der Waals surface area contributed by atoms with Gasteiger partial charge in [0.1, 0.15) is 0 Å². The number of aryl methyl sites for hydroxylation is 1. The molecule has 0 radical (unpaired) electrons. The number of furan rings is 1. The molecule has 30 heavy (non-hydrogen) atoms. The van der Waals surface area contributed by atoms with E-state index in [1.165, 1.54) is 16.4 Å². The Balaban J connectivity index is 1.45. The lowest BCUT2D eigenvalue weighted by molar-refractivity contribution is -0.116. The zero-order valence-corrected chi connectivity index (χ0v) is 17.3. The van der Waals surface area contributed by atoms with Crippen molar-refractivity contribution in [2.24, 2.45) is 0 Å². The summed E-state index contributed by atoms with van der Waals surface area (Å²) >= 11 is 0. The lowest BCUT2D eigenvalue weighted by atomic mass is 9.98. The summed E-state index contributed by atoms with van der Waals surface area (Å²) in [5.74, 6) is -0.576. The van der Waals surface area contributed by atoms with Crippen LogP contribution in [0.2, 0.25) is 0 Å². The molecule has 2 aromatic rings. The van der Waals surface area contributed by atoms with Gasteiger partial charge >= 0.3 is 0 Å². The SMILES string of the molecule is C[C@@H](NC(=O)c1ccc(S(=O)(=O)N2CCOCC2)o1)c1ccc2c(c1)CCC(=O)N2. The first-order chi connectivity index (χ1) is 14.3. The van der Waals surface area contributed by atoms with Gasteiger partial charge in [0.25, 0.3) is 15.9 Å². The van der Waals surface area contributed by atoms with E-state index in [1.54, 1.807) is 0 Å². The summed E-state index contributed by atoms with van der Waals surface area (Å²) in [7, 11) is -3.80. The molecular weight excluding hydrogens is 410 g/mol. The number of carbonyl (C=O) groups is 2. The van der Waals surface area contributed by atoms with Crippen LogP contribution in [0.25, 0.3) is 0 Å². The van der Waals surface area contributed by atoms with E-state index in [2.05, 4.69) is 10.6 Å². The summed E-state index contributed by atoms with van der Waals surface area (Å²) in [6.07, 6.45) is 1.08. The molecule has 1 aromatic carbocycles. The van der Waals surface area contributed by atoms with E-state index < -0.39 is 15.9 Å². The van der Waals surface area contributed by atoms with Crippen molar-refractivity contribution in [3.63, 3.8) is 0 Å². The molecule has 1 fully saturated rings. The Hall–Kier alpha value is -2.69. The van der Waals surface area contributed by atoms with Crippen molar-refractivity contribution in [1.29, 1.82) is 0 Å². The average Bonchev–Trinajstić information content (AvgIpc) is 3.25. The highest BCUT2D eigenvalue weighted by molar-refractivity contribution is 7.89. The van der Waals surface area contributed by atoms with E-state index in [0.717, 1.165) is 16.8 Å². The topological polar surface area (TPSA) is 118 Å². The van der Waals surface area contributed by atoms with Gasteiger partial charge in [-0.2, -0.15) is 4.31 Å². The third kappa shape index (κ3) is 4.11. The van der Waals surface area contributed by atoms with Crippen LogP contribution >= 0.6 is 0 Å². The number of nitrogens with one attached hydrogen (secondary N) is 2. The molecule has 0 aliphatic carbocycles. The Kier molecular flexibility index (Phi) is 5.63. The second-order valence-electron chi connectivity index (χ2n) is 7.30. The normalized spacial score (nSPS) is 18.4. The number of benzene rings is 1. The van der Waals surface area contributed by atoms with Crippen LogP contribution < -0.4 is 10.6 Å². The number of sulfonamides is 1.